The molecule has 0 aliphatic carbocycles. The fraction of sp³-hybridized carbons (Fsp3) is 0.417. The van der Waals surface area contributed by atoms with Crippen molar-refractivity contribution < 1.29 is 9.90 Å². The van der Waals surface area contributed by atoms with E-state index in [0.717, 1.165) is 5.56 Å². The molecular formula is C12H18N2O2. The molecule has 0 aliphatic heterocycles. The van der Waals surface area contributed by atoms with Crippen LogP contribution in [0.3, 0.4) is 0 Å². The number of anilines is 1. The highest BCUT2D eigenvalue weighted by atomic mass is 16.3. The number of urea groups is 1. The fourth-order valence-electron chi connectivity index (χ4n) is 1.49. The van der Waals surface area contributed by atoms with Crippen LogP contribution in [-0.2, 0) is 6.61 Å². The summed E-state index contributed by atoms with van der Waals surface area (Å²) in [6.07, 6.45) is 0. The summed E-state index contributed by atoms with van der Waals surface area (Å²) in [5.74, 6) is 0. The highest BCUT2D eigenvalue weighted by Crippen LogP contribution is 2.15. The lowest BCUT2D eigenvalue weighted by molar-refractivity contribution is 0.217. The van der Waals surface area contributed by atoms with Gasteiger partial charge in [-0.15, -0.1) is 0 Å². The maximum atomic E-state index is 11.8. The minimum absolute atomic E-state index is 0.0747. The molecule has 16 heavy (non-hydrogen) atoms. The Labute approximate surface area is 95.9 Å². The maximum absolute atomic E-state index is 11.8. The molecule has 88 valence electrons. The summed E-state index contributed by atoms with van der Waals surface area (Å²) < 4.78 is 0. The summed E-state index contributed by atoms with van der Waals surface area (Å²) in [6.45, 7) is 5.13. The van der Waals surface area contributed by atoms with Gasteiger partial charge in [-0.05, 0) is 19.9 Å². The lowest BCUT2D eigenvalue weighted by Gasteiger charge is -2.20. The number of hydrogen-bond acceptors (Lipinski definition) is 2. The van der Waals surface area contributed by atoms with Gasteiger partial charge in [-0.25, -0.2) is 4.79 Å². The molecule has 0 saturated carbocycles. The molecule has 1 aromatic carbocycles. The van der Waals surface area contributed by atoms with Gasteiger partial charge in [-0.3, -0.25) is 0 Å². The number of hydrogen-bond donors (Lipinski definition) is 2. The second kappa shape index (κ2) is 6.12. The largest absolute Gasteiger partial charge is 0.392 e. The quantitative estimate of drug-likeness (QED) is 0.819. The third kappa shape index (κ3) is 2.97. The van der Waals surface area contributed by atoms with Crippen molar-refractivity contribution in [1.29, 1.82) is 0 Å². The first-order chi connectivity index (χ1) is 7.72. The Hall–Kier alpha value is -1.55. The summed E-state index contributed by atoms with van der Waals surface area (Å²) >= 11 is 0. The number of amides is 2. The summed E-state index contributed by atoms with van der Waals surface area (Å²) in [5.41, 5.74) is 1.39. The lowest BCUT2D eigenvalue weighted by atomic mass is 10.2. The van der Waals surface area contributed by atoms with Gasteiger partial charge in [0.05, 0.1) is 6.61 Å². The number of aliphatic hydroxyl groups excluding tert-OH is 1. The molecule has 4 heteroatoms. The molecule has 0 spiro atoms. The van der Waals surface area contributed by atoms with E-state index in [0.29, 0.717) is 18.8 Å². The summed E-state index contributed by atoms with van der Waals surface area (Å²) in [5, 5.41) is 11.9. The summed E-state index contributed by atoms with van der Waals surface area (Å²) in [6, 6.07) is 7.10. The van der Waals surface area contributed by atoms with Gasteiger partial charge in [0.25, 0.3) is 0 Å². The molecule has 0 unspecified atom stereocenters. The van der Waals surface area contributed by atoms with Crippen molar-refractivity contribution in [3.63, 3.8) is 0 Å². The average molecular weight is 222 g/mol. The van der Waals surface area contributed by atoms with E-state index in [4.69, 9.17) is 5.11 Å². The van der Waals surface area contributed by atoms with Crippen LogP contribution in [0, 0.1) is 0 Å². The average Bonchev–Trinajstić information content (AvgIpc) is 2.31. The van der Waals surface area contributed by atoms with Crippen LogP contribution in [0.4, 0.5) is 10.5 Å². The highest BCUT2D eigenvalue weighted by Gasteiger charge is 2.10. The number of para-hydroxylation sites is 1. The van der Waals surface area contributed by atoms with Crippen LogP contribution in [-0.4, -0.2) is 29.1 Å². The molecule has 0 atom stereocenters. The molecule has 2 amide bonds. The Morgan fingerprint density at radius 2 is 1.94 bits per heavy atom. The predicted molar refractivity (Wildman–Crippen MR) is 64.3 cm³/mol. The second-order valence-electron chi connectivity index (χ2n) is 3.42. The second-order valence-corrected chi connectivity index (χ2v) is 3.42. The van der Waals surface area contributed by atoms with E-state index >= 15 is 0 Å². The van der Waals surface area contributed by atoms with Crippen LogP contribution >= 0.6 is 0 Å². The molecule has 0 radical (unpaired) electrons. The zero-order chi connectivity index (χ0) is 12.0. The number of carbonyl (C=O) groups is 1. The zero-order valence-corrected chi connectivity index (χ0v) is 9.73. The lowest BCUT2D eigenvalue weighted by Crippen LogP contribution is -2.34. The van der Waals surface area contributed by atoms with Gasteiger partial charge >= 0.3 is 6.03 Å². The van der Waals surface area contributed by atoms with E-state index < -0.39 is 0 Å². The number of nitrogens with zero attached hydrogens (tertiary/aromatic N) is 1. The molecule has 0 heterocycles. The Bertz CT molecular complexity index is 349. The standard InChI is InChI=1S/C12H18N2O2/c1-3-14(4-2)12(16)13-11-8-6-5-7-10(11)9-15/h5-8,15H,3-4,9H2,1-2H3,(H,13,16). The molecule has 0 aliphatic rings. The molecule has 2 N–H and O–H groups in total. The molecule has 1 rings (SSSR count). The fourth-order valence-corrected chi connectivity index (χ4v) is 1.49. The molecular weight excluding hydrogens is 204 g/mol. The van der Waals surface area contributed by atoms with E-state index in [1.165, 1.54) is 0 Å². The molecule has 1 aromatic rings. The van der Waals surface area contributed by atoms with E-state index in [9.17, 15) is 4.79 Å². The van der Waals surface area contributed by atoms with Crippen molar-refractivity contribution in [2.45, 2.75) is 20.5 Å². The molecule has 0 saturated heterocycles. The van der Waals surface area contributed by atoms with Crippen molar-refractivity contribution in [2.24, 2.45) is 0 Å². The SMILES string of the molecule is CCN(CC)C(=O)Nc1ccccc1CO. The van der Waals surface area contributed by atoms with Crippen LogP contribution in [0.2, 0.25) is 0 Å². The summed E-state index contributed by atoms with van der Waals surface area (Å²) in [7, 11) is 0. The third-order valence-electron chi connectivity index (χ3n) is 2.48. The van der Waals surface area contributed by atoms with Gasteiger partial charge in [0.2, 0.25) is 0 Å². The first kappa shape index (κ1) is 12.5. The van der Waals surface area contributed by atoms with Gasteiger partial charge in [0.15, 0.2) is 0 Å². The van der Waals surface area contributed by atoms with Crippen molar-refractivity contribution in [1.82, 2.24) is 4.90 Å². The first-order valence-corrected chi connectivity index (χ1v) is 5.47. The Balaban J connectivity index is 2.76. The van der Waals surface area contributed by atoms with Crippen LogP contribution in [0.1, 0.15) is 19.4 Å². The number of aliphatic hydroxyl groups is 1. The number of benzene rings is 1. The minimum atomic E-state index is -0.133. The topological polar surface area (TPSA) is 52.6 Å². The van der Waals surface area contributed by atoms with Gasteiger partial charge in [-0.2, -0.15) is 0 Å². The van der Waals surface area contributed by atoms with E-state index in [2.05, 4.69) is 5.32 Å². The van der Waals surface area contributed by atoms with E-state index in [-0.39, 0.29) is 12.6 Å². The Morgan fingerprint density at radius 3 is 2.50 bits per heavy atom. The van der Waals surface area contributed by atoms with Crippen molar-refractivity contribution in [3.05, 3.63) is 29.8 Å². The van der Waals surface area contributed by atoms with Gasteiger partial charge in [-0.1, -0.05) is 18.2 Å². The maximum Gasteiger partial charge on any atom is 0.321 e. The van der Waals surface area contributed by atoms with E-state index in [1.807, 2.05) is 26.0 Å². The normalized spacial score (nSPS) is 9.94. The molecule has 4 nitrogen and oxygen atoms in total. The van der Waals surface area contributed by atoms with Gasteiger partial charge in [0, 0.05) is 24.3 Å². The van der Waals surface area contributed by atoms with Crippen molar-refractivity contribution >= 4 is 11.7 Å². The molecule has 0 fully saturated rings. The van der Waals surface area contributed by atoms with Crippen molar-refractivity contribution in [2.75, 3.05) is 18.4 Å². The summed E-state index contributed by atoms with van der Waals surface area (Å²) in [4.78, 5) is 13.5. The first-order valence-electron chi connectivity index (χ1n) is 5.47. The predicted octanol–water partition coefficient (Wildman–Crippen LogP) is 2.05. The molecule has 0 bridgehead atoms. The van der Waals surface area contributed by atoms with E-state index in [1.54, 1.807) is 17.0 Å². The monoisotopic (exact) mass is 222 g/mol. The van der Waals surface area contributed by atoms with Crippen LogP contribution in [0.15, 0.2) is 24.3 Å². The van der Waals surface area contributed by atoms with Crippen LogP contribution in [0.25, 0.3) is 0 Å². The number of nitrogens with one attached hydrogen (secondary N) is 1. The number of carbonyl (C=O) groups excluding carboxylic acids is 1. The van der Waals surface area contributed by atoms with Crippen molar-refractivity contribution in [3.8, 4) is 0 Å². The van der Waals surface area contributed by atoms with Gasteiger partial charge < -0.3 is 15.3 Å². The smallest absolute Gasteiger partial charge is 0.321 e. The minimum Gasteiger partial charge on any atom is -0.392 e. The van der Waals surface area contributed by atoms with Crippen LogP contribution in [0.5, 0.6) is 0 Å². The Morgan fingerprint density at radius 1 is 1.31 bits per heavy atom. The highest BCUT2D eigenvalue weighted by molar-refractivity contribution is 5.90. The zero-order valence-electron chi connectivity index (χ0n) is 9.73. The van der Waals surface area contributed by atoms with Gasteiger partial charge in [0.1, 0.15) is 0 Å². The molecule has 0 aromatic heterocycles. The Kier molecular flexibility index (Phi) is 4.79. The third-order valence-corrected chi connectivity index (χ3v) is 2.48. The number of rotatable bonds is 4. The van der Waals surface area contributed by atoms with Crippen LogP contribution < -0.4 is 5.32 Å².